The molecule has 3 nitrogen and oxygen atoms in total. The van der Waals surface area contributed by atoms with Gasteiger partial charge in [0.1, 0.15) is 0 Å². The minimum Gasteiger partial charge on any atom is -0.394 e. The van der Waals surface area contributed by atoms with Gasteiger partial charge in [0.2, 0.25) is 0 Å². The van der Waals surface area contributed by atoms with Crippen molar-refractivity contribution in [2.75, 3.05) is 19.8 Å². The number of hydrogen-bond acceptors (Lipinski definition) is 3. The number of nitrogens with one attached hydrogen (secondary N) is 1. The van der Waals surface area contributed by atoms with Crippen LogP contribution in [-0.4, -0.2) is 31.0 Å². The van der Waals surface area contributed by atoms with Crippen LogP contribution in [0.25, 0.3) is 0 Å². The van der Waals surface area contributed by atoms with Crippen molar-refractivity contribution in [3.8, 4) is 0 Å². The van der Waals surface area contributed by atoms with Crippen molar-refractivity contribution in [3.05, 3.63) is 35.9 Å². The molecule has 2 rings (SSSR count). The third kappa shape index (κ3) is 3.81. The standard InChI is InChI=1S/C17H27NO2/c1-2-12-18-17(14-19,15-7-4-3-5-8-15)11-13-20-16-9-6-10-16/h3-5,7-8,16,18-19H,2,6,9-14H2,1H3. The molecular formula is C17H27NO2. The fraction of sp³-hybridized carbons (Fsp3) is 0.647. The Kier molecular flexibility index (Phi) is 6.02. The minimum absolute atomic E-state index is 0.102. The van der Waals surface area contributed by atoms with Crippen LogP contribution in [0.5, 0.6) is 0 Å². The maximum Gasteiger partial charge on any atom is 0.0691 e. The van der Waals surface area contributed by atoms with Gasteiger partial charge >= 0.3 is 0 Å². The summed E-state index contributed by atoms with van der Waals surface area (Å²) in [6.45, 7) is 3.85. The molecule has 1 fully saturated rings. The highest BCUT2D eigenvalue weighted by atomic mass is 16.5. The molecule has 0 radical (unpaired) electrons. The highest BCUT2D eigenvalue weighted by molar-refractivity contribution is 5.24. The van der Waals surface area contributed by atoms with E-state index in [-0.39, 0.29) is 12.1 Å². The van der Waals surface area contributed by atoms with E-state index in [4.69, 9.17) is 4.74 Å². The Morgan fingerprint density at radius 1 is 1.30 bits per heavy atom. The second kappa shape index (κ2) is 7.77. The Hall–Kier alpha value is -0.900. The van der Waals surface area contributed by atoms with E-state index in [0.29, 0.717) is 12.7 Å². The lowest BCUT2D eigenvalue weighted by atomic mass is 9.87. The lowest BCUT2D eigenvalue weighted by molar-refractivity contribution is -0.0136. The predicted molar refractivity (Wildman–Crippen MR) is 81.7 cm³/mol. The van der Waals surface area contributed by atoms with Gasteiger partial charge in [0.15, 0.2) is 0 Å². The first kappa shape index (κ1) is 15.5. The minimum atomic E-state index is -0.374. The molecule has 0 bridgehead atoms. The number of hydrogen-bond donors (Lipinski definition) is 2. The lowest BCUT2D eigenvalue weighted by Gasteiger charge is -2.35. The van der Waals surface area contributed by atoms with Gasteiger partial charge in [-0.15, -0.1) is 0 Å². The van der Waals surface area contributed by atoms with Gasteiger partial charge in [-0.3, -0.25) is 0 Å². The van der Waals surface area contributed by atoms with Gasteiger partial charge in [0.25, 0.3) is 0 Å². The Morgan fingerprint density at radius 3 is 2.60 bits per heavy atom. The summed E-state index contributed by atoms with van der Waals surface area (Å²) >= 11 is 0. The molecule has 1 aromatic rings. The van der Waals surface area contributed by atoms with Crippen LogP contribution in [0.3, 0.4) is 0 Å². The largest absolute Gasteiger partial charge is 0.394 e. The van der Waals surface area contributed by atoms with Crippen LogP contribution in [0.1, 0.15) is 44.6 Å². The van der Waals surface area contributed by atoms with Crippen molar-refractivity contribution >= 4 is 0 Å². The van der Waals surface area contributed by atoms with E-state index in [2.05, 4.69) is 24.4 Å². The number of ether oxygens (including phenoxy) is 1. The topological polar surface area (TPSA) is 41.5 Å². The van der Waals surface area contributed by atoms with Gasteiger partial charge in [0, 0.05) is 6.61 Å². The van der Waals surface area contributed by atoms with Crippen molar-refractivity contribution in [1.82, 2.24) is 5.32 Å². The van der Waals surface area contributed by atoms with Crippen molar-refractivity contribution in [2.45, 2.75) is 50.7 Å². The molecule has 0 saturated heterocycles. The lowest BCUT2D eigenvalue weighted by Crippen LogP contribution is -2.47. The molecule has 0 amide bonds. The zero-order valence-electron chi connectivity index (χ0n) is 12.5. The summed E-state index contributed by atoms with van der Waals surface area (Å²) in [6, 6.07) is 10.2. The second-order valence-corrected chi connectivity index (χ2v) is 5.71. The van der Waals surface area contributed by atoms with E-state index in [1.807, 2.05) is 18.2 Å². The molecule has 1 atom stereocenters. The number of aliphatic hydroxyl groups excluding tert-OH is 1. The summed E-state index contributed by atoms with van der Waals surface area (Å²) in [4.78, 5) is 0. The van der Waals surface area contributed by atoms with Crippen molar-refractivity contribution < 1.29 is 9.84 Å². The van der Waals surface area contributed by atoms with Crippen LogP contribution in [0.4, 0.5) is 0 Å². The molecule has 1 aliphatic carbocycles. The number of aliphatic hydroxyl groups is 1. The highest BCUT2D eigenvalue weighted by Gasteiger charge is 2.31. The van der Waals surface area contributed by atoms with Crippen LogP contribution in [0, 0.1) is 0 Å². The molecule has 0 heterocycles. The Morgan fingerprint density at radius 2 is 2.05 bits per heavy atom. The van der Waals surface area contributed by atoms with Gasteiger partial charge in [-0.25, -0.2) is 0 Å². The average molecular weight is 277 g/mol. The highest BCUT2D eigenvalue weighted by Crippen LogP contribution is 2.27. The molecule has 0 aromatic heterocycles. The monoisotopic (exact) mass is 277 g/mol. The van der Waals surface area contributed by atoms with Crippen LogP contribution in [0.15, 0.2) is 30.3 Å². The first-order valence-corrected chi connectivity index (χ1v) is 7.84. The molecule has 1 aromatic carbocycles. The summed E-state index contributed by atoms with van der Waals surface area (Å²) in [5, 5.41) is 13.5. The summed E-state index contributed by atoms with van der Waals surface area (Å²) in [5.74, 6) is 0. The van der Waals surface area contributed by atoms with Crippen LogP contribution < -0.4 is 5.32 Å². The molecule has 1 unspecified atom stereocenters. The smallest absolute Gasteiger partial charge is 0.0691 e. The van der Waals surface area contributed by atoms with E-state index in [1.165, 1.54) is 19.3 Å². The summed E-state index contributed by atoms with van der Waals surface area (Å²) in [6.07, 6.45) is 6.00. The quantitative estimate of drug-likeness (QED) is 0.729. The van der Waals surface area contributed by atoms with E-state index < -0.39 is 0 Å². The van der Waals surface area contributed by atoms with Gasteiger partial charge in [-0.05, 0) is 44.2 Å². The third-order valence-electron chi connectivity index (χ3n) is 4.24. The molecule has 3 heteroatoms. The zero-order valence-corrected chi connectivity index (χ0v) is 12.5. The van der Waals surface area contributed by atoms with Gasteiger partial charge in [-0.2, -0.15) is 0 Å². The molecule has 1 aliphatic rings. The maximum absolute atomic E-state index is 9.97. The van der Waals surface area contributed by atoms with Gasteiger partial charge < -0.3 is 15.2 Å². The van der Waals surface area contributed by atoms with E-state index in [0.717, 1.165) is 24.9 Å². The molecular weight excluding hydrogens is 250 g/mol. The second-order valence-electron chi connectivity index (χ2n) is 5.71. The molecule has 2 N–H and O–H groups in total. The summed E-state index contributed by atoms with van der Waals surface area (Å²) in [5.41, 5.74) is 0.772. The van der Waals surface area contributed by atoms with Crippen molar-refractivity contribution in [1.29, 1.82) is 0 Å². The Labute approximate surface area is 122 Å². The number of benzene rings is 1. The van der Waals surface area contributed by atoms with Gasteiger partial charge in [-0.1, -0.05) is 37.3 Å². The molecule has 112 valence electrons. The normalized spacial score (nSPS) is 18.5. The Bertz CT molecular complexity index is 378. The molecule has 1 saturated carbocycles. The van der Waals surface area contributed by atoms with E-state index in [1.54, 1.807) is 0 Å². The summed E-state index contributed by atoms with van der Waals surface area (Å²) < 4.78 is 5.89. The van der Waals surface area contributed by atoms with Crippen LogP contribution >= 0.6 is 0 Å². The SMILES string of the molecule is CCCNC(CO)(CCOC1CCC1)c1ccccc1. The summed E-state index contributed by atoms with van der Waals surface area (Å²) in [7, 11) is 0. The van der Waals surface area contributed by atoms with Crippen LogP contribution in [0.2, 0.25) is 0 Å². The molecule has 0 spiro atoms. The maximum atomic E-state index is 9.97. The van der Waals surface area contributed by atoms with E-state index in [9.17, 15) is 5.11 Å². The fourth-order valence-corrected chi connectivity index (χ4v) is 2.62. The average Bonchev–Trinajstić information content (AvgIpc) is 2.46. The zero-order chi connectivity index (χ0) is 14.3. The van der Waals surface area contributed by atoms with Gasteiger partial charge in [0.05, 0.1) is 18.2 Å². The molecule has 20 heavy (non-hydrogen) atoms. The molecule has 0 aliphatic heterocycles. The number of rotatable bonds is 9. The first-order valence-electron chi connectivity index (χ1n) is 7.84. The fourth-order valence-electron chi connectivity index (χ4n) is 2.62. The van der Waals surface area contributed by atoms with Crippen molar-refractivity contribution in [2.24, 2.45) is 0 Å². The van der Waals surface area contributed by atoms with Crippen molar-refractivity contribution in [3.63, 3.8) is 0 Å². The van der Waals surface area contributed by atoms with E-state index >= 15 is 0 Å². The Balaban J connectivity index is 2.00. The first-order chi connectivity index (χ1) is 9.80. The third-order valence-corrected chi connectivity index (χ3v) is 4.24. The predicted octanol–water partition coefficient (Wildman–Crippen LogP) is 2.83. The van der Waals surface area contributed by atoms with Crippen LogP contribution in [-0.2, 0) is 10.3 Å².